The Labute approximate surface area is 159 Å². The molecular formula is C20H28N4O3. The van der Waals surface area contributed by atoms with Crippen molar-refractivity contribution >= 4 is 17.7 Å². The number of amides is 1. The Hall–Kier alpha value is -2.15. The number of carbonyl (C=O) groups excluding carboxylic acids is 1. The molecule has 3 fully saturated rings. The van der Waals surface area contributed by atoms with Gasteiger partial charge in [-0.2, -0.15) is 0 Å². The third-order valence-corrected chi connectivity index (χ3v) is 6.21. The predicted octanol–water partition coefficient (Wildman–Crippen LogP) is 2.52. The van der Waals surface area contributed by atoms with Gasteiger partial charge >= 0.3 is 6.09 Å². The van der Waals surface area contributed by atoms with Crippen LogP contribution in [0.25, 0.3) is 0 Å². The molecule has 0 spiro atoms. The normalized spacial score (nSPS) is 28.1. The number of aromatic nitrogens is 1. The van der Waals surface area contributed by atoms with E-state index in [4.69, 9.17) is 5.11 Å². The molecule has 0 radical (unpaired) electrons. The highest BCUT2D eigenvalue weighted by Crippen LogP contribution is 2.38. The molecule has 3 atom stereocenters. The van der Waals surface area contributed by atoms with E-state index in [9.17, 15) is 9.59 Å². The van der Waals surface area contributed by atoms with Gasteiger partial charge < -0.3 is 15.3 Å². The van der Waals surface area contributed by atoms with Crippen molar-refractivity contribution in [1.82, 2.24) is 15.2 Å². The summed E-state index contributed by atoms with van der Waals surface area (Å²) in [6.45, 7) is 2.51. The van der Waals surface area contributed by atoms with E-state index in [-0.39, 0.29) is 11.8 Å². The first-order chi connectivity index (χ1) is 13.1. The molecule has 2 bridgehead atoms. The number of rotatable bonds is 5. The maximum Gasteiger partial charge on any atom is 0.404 e. The lowest BCUT2D eigenvalue weighted by Gasteiger charge is -2.39. The number of carboxylic acid groups (broad SMARTS) is 1. The molecule has 0 saturated carbocycles. The van der Waals surface area contributed by atoms with Crippen LogP contribution in [-0.4, -0.2) is 64.6 Å². The van der Waals surface area contributed by atoms with E-state index >= 15 is 0 Å². The minimum Gasteiger partial charge on any atom is -0.465 e. The van der Waals surface area contributed by atoms with Crippen molar-refractivity contribution in [2.45, 2.75) is 63.1 Å². The van der Waals surface area contributed by atoms with Crippen molar-refractivity contribution in [2.24, 2.45) is 0 Å². The summed E-state index contributed by atoms with van der Waals surface area (Å²) in [4.78, 5) is 32.6. The molecule has 4 rings (SSSR count). The Morgan fingerprint density at radius 3 is 2.41 bits per heavy atom. The van der Waals surface area contributed by atoms with Gasteiger partial charge in [0, 0.05) is 29.9 Å². The fourth-order valence-electron chi connectivity index (χ4n) is 4.96. The first-order valence-corrected chi connectivity index (χ1v) is 10.1. The van der Waals surface area contributed by atoms with Crippen LogP contribution in [0.1, 0.15) is 55.3 Å². The lowest BCUT2D eigenvalue weighted by molar-refractivity contribution is 0.0915. The largest absolute Gasteiger partial charge is 0.465 e. The molecule has 3 aliphatic rings. The summed E-state index contributed by atoms with van der Waals surface area (Å²) in [6.07, 6.45) is 8.17. The molecule has 3 aliphatic heterocycles. The number of nitrogens with one attached hydrogen (secondary N) is 1. The number of pyridine rings is 1. The van der Waals surface area contributed by atoms with Crippen LogP contribution >= 0.6 is 0 Å². The number of ketones is 1. The summed E-state index contributed by atoms with van der Waals surface area (Å²) < 4.78 is 0. The molecule has 4 heterocycles. The minimum absolute atomic E-state index is 0.0293. The van der Waals surface area contributed by atoms with Crippen LogP contribution in [-0.2, 0) is 0 Å². The number of hydrogen-bond acceptors (Lipinski definition) is 5. The molecule has 1 aromatic heterocycles. The van der Waals surface area contributed by atoms with Gasteiger partial charge in [-0.25, -0.2) is 9.78 Å². The van der Waals surface area contributed by atoms with E-state index in [0.717, 1.165) is 44.6 Å². The number of fused-ring (bicyclic) bond motifs is 2. The summed E-state index contributed by atoms with van der Waals surface area (Å²) in [6, 6.07) is 4.53. The van der Waals surface area contributed by atoms with Crippen molar-refractivity contribution in [1.29, 1.82) is 0 Å². The summed E-state index contributed by atoms with van der Waals surface area (Å²) in [5, 5.41) is 11.6. The van der Waals surface area contributed by atoms with Gasteiger partial charge in [-0.3, -0.25) is 9.69 Å². The molecule has 146 valence electrons. The van der Waals surface area contributed by atoms with E-state index in [1.54, 1.807) is 6.20 Å². The fourth-order valence-corrected chi connectivity index (χ4v) is 4.96. The van der Waals surface area contributed by atoms with Crippen molar-refractivity contribution in [2.75, 3.05) is 24.5 Å². The van der Waals surface area contributed by atoms with Crippen LogP contribution in [0.5, 0.6) is 0 Å². The number of Topliss-reactive ketones (excluding diaryl/α,β-unsaturated/α-hetero) is 1. The average molecular weight is 372 g/mol. The summed E-state index contributed by atoms with van der Waals surface area (Å²) in [7, 11) is 0. The third kappa shape index (κ3) is 4.08. The summed E-state index contributed by atoms with van der Waals surface area (Å²) >= 11 is 0. The maximum absolute atomic E-state index is 12.5. The second-order valence-corrected chi connectivity index (χ2v) is 8.08. The smallest absolute Gasteiger partial charge is 0.404 e. The van der Waals surface area contributed by atoms with Gasteiger partial charge in [0.05, 0.1) is 6.54 Å². The van der Waals surface area contributed by atoms with E-state index in [0.29, 0.717) is 24.2 Å². The molecule has 0 unspecified atom stereocenters. The molecule has 1 aromatic rings. The SMILES string of the molecule is O=C(O)N[C@H]1C[C@H]2CC[C@@H](C1)N2c1ccc(C(=O)CN2CCCCC2)cn1. The van der Waals surface area contributed by atoms with Crippen molar-refractivity contribution < 1.29 is 14.7 Å². The Morgan fingerprint density at radius 1 is 1.11 bits per heavy atom. The summed E-state index contributed by atoms with van der Waals surface area (Å²) in [5.41, 5.74) is 0.680. The Kier molecular flexibility index (Phi) is 5.29. The van der Waals surface area contributed by atoms with Gasteiger partial charge in [-0.1, -0.05) is 6.42 Å². The number of likely N-dealkylation sites (tertiary alicyclic amines) is 1. The average Bonchev–Trinajstić information content (AvgIpc) is 2.93. The number of carbonyl (C=O) groups is 2. The zero-order chi connectivity index (χ0) is 18.8. The molecule has 7 nitrogen and oxygen atoms in total. The maximum atomic E-state index is 12.5. The number of anilines is 1. The van der Waals surface area contributed by atoms with Crippen LogP contribution in [0.4, 0.5) is 10.6 Å². The van der Waals surface area contributed by atoms with Crippen molar-refractivity contribution in [3.63, 3.8) is 0 Å². The number of nitrogens with zero attached hydrogens (tertiary/aromatic N) is 3. The number of piperidine rings is 2. The Bertz CT molecular complexity index is 673. The van der Waals surface area contributed by atoms with Gasteiger partial charge in [-0.15, -0.1) is 0 Å². The van der Waals surface area contributed by atoms with Crippen LogP contribution in [0, 0.1) is 0 Å². The van der Waals surface area contributed by atoms with E-state index < -0.39 is 6.09 Å². The Morgan fingerprint density at radius 2 is 1.81 bits per heavy atom. The fraction of sp³-hybridized carbons (Fsp3) is 0.650. The Balaban J connectivity index is 1.39. The highest BCUT2D eigenvalue weighted by molar-refractivity contribution is 5.97. The van der Waals surface area contributed by atoms with Crippen molar-refractivity contribution in [3.8, 4) is 0 Å². The highest BCUT2D eigenvalue weighted by Gasteiger charge is 2.41. The molecule has 1 amide bonds. The molecule has 3 saturated heterocycles. The van der Waals surface area contributed by atoms with Crippen LogP contribution in [0.15, 0.2) is 18.3 Å². The standard InChI is InChI=1S/C20H28N4O3/c25-18(13-23-8-2-1-3-9-23)14-4-7-19(21-12-14)24-16-5-6-17(24)11-15(10-16)22-20(26)27/h4,7,12,15-17,22H,1-3,5-6,8-11,13H2,(H,26,27)/t15-,16+,17-. The second kappa shape index (κ2) is 7.84. The first-order valence-electron chi connectivity index (χ1n) is 10.1. The zero-order valence-corrected chi connectivity index (χ0v) is 15.6. The van der Waals surface area contributed by atoms with Gasteiger partial charge in [0.1, 0.15) is 5.82 Å². The molecule has 7 heteroatoms. The van der Waals surface area contributed by atoms with E-state index in [1.807, 2.05) is 12.1 Å². The van der Waals surface area contributed by atoms with Gasteiger partial charge in [-0.05, 0) is 63.7 Å². The van der Waals surface area contributed by atoms with Gasteiger partial charge in [0.2, 0.25) is 0 Å². The first kappa shape index (κ1) is 18.2. The molecular weight excluding hydrogens is 344 g/mol. The number of hydrogen-bond donors (Lipinski definition) is 2. The van der Waals surface area contributed by atoms with Gasteiger partial charge in [0.25, 0.3) is 0 Å². The zero-order valence-electron chi connectivity index (χ0n) is 15.6. The quantitative estimate of drug-likeness (QED) is 0.773. The molecule has 2 N–H and O–H groups in total. The van der Waals surface area contributed by atoms with Crippen LogP contribution < -0.4 is 10.2 Å². The minimum atomic E-state index is -0.942. The molecule has 0 aromatic carbocycles. The lowest BCUT2D eigenvalue weighted by atomic mass is 9.97. The highest BCUT2D eigenvalue weighted by atomic mass is 16.4. The lowest BCUT2D eigenvalue weighted by Crippen LogP contribution is -2.50. The van der Waals surface area contributed by atoms with Crippen LogP contribution in [0.2, 0.25) is 0 Å². The second-order valence-electron chi connectivity index (χ2n) is 8.08. The molecule has 0 aliphatic carbocycles. The predicted molar refractivity (Wildman–Crippen MR) is 102 cm³/mol. The molecule has 27 heavy (non-hydrogen) atoms. The van der Waals surface area contributed by atoms with E-state index in [2.05, 4.69) is 20.1 Å². The topological polar surface area (TPSA) is 85.8 Å². The van der Waals surface area contributed by atoms with E-state index in [1.165, 1.54) is 19.3 Å². The third-order valence-electron chi connectivity index (χ3n) is 6.21. The monoisotopic (exact) mass is 372 g/mol. The van der Waals surface area contributed by atoms with Gasteiger partial charge in [0.15, 0.2) is 5.78 Å². The summed E-state index contributed by atoms with van der Waals surface area (Å²) in [5.74, 6) is 1.05. The van der Waals surface area contributed by atoms with Crippen molar-refractivity contribution in [3.05, 3.63) is 23.9 Å². The van der Waals surface area contributed by atoms with Crippen LogP contribution in [0.3, 0.4) is 0 Å².